The second-order valence-corrected chi connectivity index (χ2v) is 8.95. The molecule has 0 radical (unpaired) electrons. The van der Waals surface area contributed by atoms with E-state index in [1.165, 1.54) is 5.56 Å². The molecule has 37 heavy (non-hydrogen) atoms. The molecule has 0 saturated heterocycles. The van der Waals surface area contributed by atoms with Gasteiger partial charge in [-0.1, -0.05) is 62.1 Å². The van der Waals surface area contributed by atoms with Gasteiger partial charge in [-0.2, -0.15) is 5.10 Å². The molecule has 0 fully saturated rings. The standard InChI is InChI=1S/C30H29N7/c1-6-9-24(21-11-8-10-18(3)14-21)27-20(5)33-30(35-27)29-28-26(36-37-29)13-12-25(34-28)22-15-23(17-31-16-22)32-19(4)7-2/h6,8-17,32H,1,4,7H2,2-3,5H3,(H,33,35)(H,36,37)/b24-9-. The third-order valence-electron chi connectivity index (χ3n) is 6.17. The van der Waals surface area contributed by atoms with Gasteiger partial charge >= 0.3 is 0 Å². The van der Waals surface area contributed by atoms with Gasteiger partial charge in [-0.15, -0.1) is 0 Å². The molecule has 5 rings (SSSR count). The molecule has 4 aromatic heterocycles. The fraction of sp³-hybridized carbons (Fsp3) is 0.133. The van der Waals surface area contributed by atoms with Crippen molar-refractivity contribution in [2.45, 2.75) is 27.2 Å². The lowest BCUT2D eigenvalue weighted by molar-refractivity contribution is 1.10. The van der Waals surface area contributed by atoms with Gasteiger partial charge < -0.3 is 10.3 Å². The zero-order chi connectivity index (χ0) is 25.9. The lowest BCUT2D eigenvalue weighted by Gasteiger charge is -2.08. The summed E-state index contributed by atoms with van der Waals surface area (Å²) in [6.07, 6.45) is 8.20. The zero-order valence-corrected chi connectivity index (χ0v) is 21.3. The van der Waals surface area contributed by atoms with Gasteiger partial charge in [0.25, 0.3) is 0 Å². The van der Waals surface area contributed by atoms with Gasteiger partial charge in [0.1, 0.15) is 5.52 Å². The number of nitrogens with zero attached hydrogens (tertiary/aromatic N) is 4. The third-order valence-corrected chi connectivity index (χ3v) is 6.17. The van der Waals surface area contributed by atoms with Crippen molar-refractivity contribution >= 4 is 22.3 Å². The molecule has 7 heteroatoms. The van der Waals surface area contributed by atoms with Crippen LogP contribution in [0.2, 0.25) is 0 Å². The Kier molecular flexibility index (Phi) is 6.51. The minimum absolute atomic E-state index is 0.652. The highest BCUT2D eigenvalue weighted by atomic mass is 15.2. The van der Waals surface area contributed by atoms with Crippen molar-refractivity contribution in [3.63, 3.8) is 0 Å². The number of hydrogen-bond acceptors (Lipinski definition) is 5. The number of hydrogen-bond donors (Lipinski definition) is 3. The summed E-state index contributed by atoms with van der Waals surface area (Å²) < 4.78 is 0. The van der Waals surface area contributed by atoms with Crippen LogP contribution in [0, 0.1) is 13.8 Å². The van der Waals surface area contributed by atoms with E-state index in [1.807, 2.05) is 31.2 Å². The van der Waals surface area contributed by atoms with Crippen LogP contribution < -0.4 is 5.32 Å². The summed E-state index contributed by atoms with van der Waals surface area (Å²) in [6, 6.07) is 14.3. The Labute approximate surface area is 216 Å². The lowest BCUT2D eigenvalue weighted by Crippen LogP contribution is -1.97. The highest BCUT2D eigenvalue weighted by Crippen LogP contribution is 2.31. The van der Waals surface area contributed by atoms with Crippen LogP contribution in [0.1, 0.15) is 35.9 Å². The fourth-order valence-corrected chi connectivity index (χ4v) is 4.24. The quantitative estimate of drug-likeness (QED) is 0.205. The van der Waals surface area contributed by atoms with E-state index in [4.69, 9.17) is 9.97 Å². The number of aryl methyl sites for hydroxylation is 2. The van der Waals surface area contributed by atoms with Gasteiger partial charge in [0.15, 0.2) is 11.5 Å². The molecule has 0 spiro atoms. The van der Waals surface area contributed by atoms with Crippen molar-refractivity contribution in [1.82, 2.24) is 30.1 Å². The molecular formula is C30H29N7. The maximum atomic E-state index is 4.96. The Hall–Kier alpha value is -4.78. The van der Waals surface area contributed by atoms with Gasteiger partial charge in [-0.25, -0.2) is 9.97 Å². The number of anilines is 1. The molecule has 184 valence electrons. The van der Waals surface area contributed by atoms with Crippen LogP contribution >= 0.6 is 0 Å². The van der Waals surface area contributed by atoms with Crippen molar-refractivity contribution in [3.8, 4) is 22.8 Å². The number of imidazole rings is 1. The highest BCUT2D eigenvalue weighted by molar-refractivity contribution is 5.90. The van der Waals surface area contributed by atoms with Gasteiger partial charge in [0.2, 0.25) is 0 Å². The van der Waals surface area contributed by atoms with Gasteiger partial charge in [-0.05, 0) is 44.0 Å². The van der Waals surface area contributed by atoms with Crippen LogP contribution in [-0.2, 0) is 0 Å². The number of pyridine rings is 2. The molecular weight excluding hydrogens is 458 g/mol. The summed E-state index contributed by atoms with van der Waals surface area (Å²) in [5.74, 6) is 0.652. The van der Waals surface area contributed by atoms with Crippen molar-refractivity contribution in [2.75, 3.05) is 5.32 Å². The van der Waals surface area contributed by atoms with Crippen LogP contribution in [0.15, 0.2) is 85.9 Å². The van der Waals surface area contributed by atoms with Crippen LogP contribution in [0.5, 0.6) is 0 Å². The first-order valence-corrected chi connectivity index (χ1v) is 12.2. The van der Waals surface area contributed by atoms with Crippen molar-refractivity contribution in [2.24, 2.45) is 0 Å². The molecule has 5 aromatic rings. The number of benzene rings is 1. The average Bonchev–Trinajstić information content (AvgIpc) is 3.50. The molecule has 0 saturated carbocycles. The van der Waals surface area contributed by atoms with E-state index in [9.17, 15) is 0 Å². The first kappa shape index (κ1) is 23.9. The fourth-order valence-electron chi connectivity index (χ4n) is 4.24. The number of nitrogens with one attached hydrogen (secondary N) is 3. The smallest absolute Gasteiger partial charge is 0.161 e. The third kappa shape index (κ3) is 4.84. The van der Waals surface area contributed by atoms with E-state index < -0.39 is 0 Å². The molecule has 0 amide bonds. The second kappa shape index (κ2) is 10.1. The Balaban J connectivity index is 1.55. The maximum Gasteiger partial charge on any atom is 0.161 e. The van der Waals surface area contributed by atoms with Crippen LogP contribution in [0.4, 0.5) is 5.69 Å². The molecule has 0 atom stereocenters. The Bertz CT molecular complexity index is 1650. The van der Waals surface area contributed by atoms with E-state index in [0.29, 0.717) is 11.5 Å². The number of allylic oxidation sites excluding steroid dienone is 3. The predicted molar refractivity (Wildman–Crippen MR) is 151 cm³/mol. The number of H-pyrrole nitrogens is 2. The molecule has 0 bridgehead atoms. The Morgan fingerprint density at radius 2 is 1.95 bits per heavy atom. The van der Waals surface area contributed by atoms with E-state index >= 15 is 0 Å². The predicted octanol–water partition coefficient (Wildman–Crippen LogP) is 6.98. The highest BCUT2D eigenvalue weighted by Gasteiger charge is 2.19. The largest absolute Gasteiger partial charge is 0.358 e. The molecule has 1 aromatic carbocycles. The van der Waals surface area contributed by atoms with Crippen molar-refractivity contribution in [3.05, 3.63) is 108 Å². The van der Waals surface area contributed by atoms with Crippen molar-refractivity contribution in [1.29, 1.82) is 0 Å². The first-order chi connectivity index (χ1) is 18.0. The average molecular weight is 488 g/mol. The first-order valence-electron chi connectivity index (χ1n) is 12.2. The summed E-state index contributed by atoms with van der Waals surface area (Å²) >= 11 is 0. The molecule has 0 aliphatic heterocycles. The zero-order valence-electron chi connectivity index (χ0n) is 21.3. The molecule has 4 heterocycles. The van der Waals surface area contributed by atoms with Crippen LogP contribution in [-0.4, -0.2) is 30.1 Å². The topological polar surface area (TPSA) is 95.2 Å². The van der Waals surface area contributed by atoms with Gasteiger partial charge in [0, 0.05) is 28.7 Å². The van der Waals surface area contributed by atoms with E-state index in [-0.39, 0.29) is 0 Å². The maximum absolute atomic E-state index is 4.96. The summed E-state index contributed by atoms with van der Waals surface area (Å²) in [7, 11) is 0. The normalized spacial score (nSPS) is 11.6. The molecule has 7 nitrogen and oxygen atoms in total. The number of aromatic amines is 2. The summed E-state index contributed by atoms with van der Waals surface area (Å²) in [6.45, 7) is 14.1. The van der Waals surface area contributed by atoms with E-state index in [1.54, 1.807) is 18.5 Å². The minimum atomic E-state index is 0.652. The van der Waals surface area contributed by atoms with Gasteiger partial charge in [0.05, 0.1) is 28.8 Å². The molecule has 0 aliphatic rings. The van der Waals surface area contributed by atoms with E-state index in [2.05, 4.69) is 76.8 Å². The number of aromatic nitrogens is 6. The summed E-state index contributed by atoms with van der Waals surface area (Å²) in [5.41, 5.74) is 10.8. The van der Waals surface area contributed by atoms with E-state index in [0.717, 1.165) is 62.6 Å². The van der Waals surface area contributed by atoms with Gasteiger partial charge in [-0.3, -0.25) is 10.1 Å². The Morgan fingerprint density at radius 3 is 2.73 bits per heavy atom. The molecule has 0 unspecified atom stereocenters. The van der Waals surface area contributed by atoms with Crippen LogP contribution in [0.3, 0.4) is 0 Å². The SMILES string of the molecule is C=C/C=C(/c1cccc(C)c1)c1nc(-c2n[nH]c3ccc(-c4cncc(NC(=C)CC)c4)nc23)[nH]c1C. The summed E-state index contributed by atoms with van der Waals surface area (Å²) in [4.78, 5) is 17.7. The molecule has 3 N–H and O–H groups in total. The Morgan fingerprint density at radius 1 is 1.08 bits per heavy atom. The monoisotopic (exact) mass is 487 g/mol. The number of fused-ring (bicyclic) bond motifs is 1. The lowest BCUT2D eigenvalue weighted by atomic mass is 9.99. The molecule has 0 aliphatic carbocycles. The second-order valence-electron chi connectivity index (χ2n) is 8.95. The number of rotatable bonds is 8. The van der Waals surface area contributed by atoms with Crippen LogP contribution in [0.25, 0.3) is 39.4 Å². The summed E-state index contributed by atoms with van der Waals surface area (Å²) in [5, 5.41) is 10.9. The minimum Gasteiger partial charge on any atom is -0.358 e. The van der Waals surface area contributed by atoms with Crippen molar-refractivity contribution < 1.29 is 0 Å².